The SMILES string of the molecule is c1ccc(-c2ccc(-n3c4ccccc4c4ccc5c6ccccc6n(-c6nc(-c7ccccc7)nc(-c7ccc8c(c7)sc7ccccc78)n6)c5c43)c(-c3ccccc3)c2)cc1. The summed E-state index contributed by atoms with van der Waals surface area (Å²) in [6, 6.07) is 75.7. The third kappa shape index (κ3) is 5.66. The molecule has 0 radical (unpaired) electrons. The van der Waals surface area contributed by atoms with Gasteiger partial charge in [-0.25, -0.2) is 4.98 Å². The quantitative estimate of drug-likeness (QED) is 0.168. The summed E-state index contributed by atoms with van der Waals surface area (Å²) in [4.78, 5) is 16.0. The molecule has 0 aliphatic rings. The highest BCUT2D eigenvalue weighted by molar-refractivity contribution is 7.25. The molecule has 0 bridgehead atoms. The molecule has 0 N–H and O–H groups in total. The highest BCUT2D eigenvalue weighted by Gasteiger charge is 2.25. The van der Waals surface area contributed by atoms with Crippen molar-refractivity contribution in [2.24, 2.45) is 0 Å². The number of thiophene rings is 1. The molecule has 13 rings (SSSR count). The summed E-state index contributed by atoms with van der Waals surface area (Å²) < 4.78 is 7.21. The Balaban J connectivity index is 1.14. The van der Waals surface area contributed by atoms with Gasteiger partial charge in [0, 0.05) is 58.4 Å². The monoisotopic (exact) mass is 821 g/mol. The van der Waals surface area contributed by atoms with E-state index in [1.165, 1.54) is 36.7 Å². The van der Waals surface area contributed by atoms with E-state index in [4.69, 9.17) is 15.0 Å². The Bertz CT molecular complexity index is 3900. The lowest BCUT2D eigenvalue weighted by atomic mass is 9.97. The number of para-hydroxylation sites is 2. The van der Waals surface area contributed by atoms with E-state index in [1.54, 1.807) is 11.3 Å². The summed E-state index contributed by atoms with van der Waals surface area (Å²) in [5, 5.41) is 7.08. The number of fused-ring (bicyclic) bond motifs is 10. The Hall–Kier alpha value is -8.19. The third-order valence-electron chi connectivity index (χ3n) is 12.4. The van der Waals surface area contributed by atoms with Crippen LogP contribution in [0.4, 0.5) is 0 Å². The predicted octanol–water partition coefficient (Wildman–Crippen LogP) is 15.1. The second-order valence-corrected chi connectivity index (χ2v) is 17.1. The van der Waals surface area contributed by atoms with Crippen molar-refractivity contribution >= 4 is 75.1 Å². The topological polar surface area (TPSA) is 48.5 Å². The zero-order chi connectivity index (χ0) is 41.4. The maximum Gasteiger partial charge on any atom is 0.238 e. The first kappa shape index (κ1) is 35.6. The summed E-state index contributed by atoms with van der Waals surface area (Å²) in [5.74, 6) is 1.81. The third-order valence-corrected chi connectivity index (χ3v) is 13.5. The van der Waals surface area contributed by atoms with E-state index in [9.17, 15) is 0 Å². The Labute approximate surface area is 366 Å². The van der Waals surface area contributed by atoms with Gasteiger partial charge < -0.3 is 4.57 Å². The van der Waals surface area contributed by atoms with Crippen LogP contribution in [0.5, 0.6) is 0 Å². The first-order chi connectivity index (χ1) is 31.2. The predicted molar refractivity (Wildman–Crippen MR) is 263 cm³/mol. The highest BCUT2D eigenvalue weighted by atomic mass is 32.1. The Morgan fingerprint density at radius 1 is 0.317 bits per heavy atom. The van der Waals surface area contributed by atoms with Gasteiger partial charge in [-0.1, -0.05) is 176 Å². The average Bonchev–Trinajstić information content (AvgIpc) is 4.02. The largest absolute Gasteiger partial charge is 0.307 e. The zero-order valence-electron chi connectivity index (χ0n) is 33.9. The van der Waals surface area contributed by atoms with Crippen LogP contribution < -0.4 is 0 Å². The van der Waals surface area contributed by atoms with Crippen molar-refractivity contribution < 1.29 is 0 Å². The molecular formula is C57H35N5S. The van der Waals surface area contributed by atoms with Gasteiger partial charge in [-0.15, -0.1) is 11.3 Å². The fourth-order valence-electron chi connectivity index (χ4n) is 9.52. The van der Waals surface area contributed by atoms with Crippen LogP contribution in [0.15, 0.2) is 212 Å². The van der Waals surface area contributed by atoms with E-state index in [-0.39, 0.29) is 0 Å². The minimum Gasteiger partial charge on any atom is -0.307 e. The van der Waals surface area contributed by atoms with Gasteiger partial charge in [-0.3, -0.25) is 4.57 Å². The van der Waals surface area contributed by atoms with Gasteiger partial charge in [0.25, 0.3) is 0 Å². The molecule has 0 fully saturated rings. The van der Waals surface area contributed by atoms with Crippen molar-refractivity contribution in [2.75, 3.05) is 0 Å². The molecule has 4 aromatic heterocycles. The molecular weight excluding hydrogens is 787 g/mol. The molecule has 63 heavy (non-hydrogen) atoms. The lowest BCUT2D eigenvalue weighted by Gasteiger charge is -2.17. The average molecular weight is 822 g/mol. The molecule has 0 saturated carbocycles. The summed E-state index contributed by atoms with van der Waals surface area (Å²) in [7, 11) is 0. The summed E-state index contributed by atoms with van der Waals surface area (Å²) in [6.07, 6.45) is 0. The number of aromatic nitrogens is 5. The summed E-state index contributed by atoms with van der Waals surface area (Å²) >= 11 is 1.80. The first-order valence-corrected chi connectivity index (χ1v) is 22.0. The highest BCUT2D eigenvalue weighted by Crippen LogP contribution is 2.44. The maximum atomic E-state index is 5.44. The van der Waals surface area contributed by atoms with E-state index in [0.29, 0.717) is 17.6 Å². The van der Waals surface area contributed by atoms with Crippen LogP contribution in [0.25, 0.3) is 120 Å². The molecule has 6 heteroatoms. The molecule has 9 aromatic carbocycles. The van der Waals surface area contributed by atoms with Gasteiger partial charge in [0.15, 0.2) is 11.6 Å². The molecule has 0 amide bonds. The smallest absolute Gasteiger partial charge is 0.238 e. The van der Waals surface area contributed by atoms with Gasteiger partial charge in [-0.2, -0.15) is 9.97 Å². The molecule has 4 heterocycles. The van der Waals surface area contributed by atoms with Crippen LogP contribution in [0, 0.1) is 0 Å². The molecule has 294 valence electrons. The lowest BCUT2D eigenvalue weighted by Crippen LogP contribution is -2.07. The number of rotatable bonds is 6. The van der Waals surface area contributed by atoms with Crippen LogP contribution in [0.1, 0.15) is 0 Å². The standard InChI is InChI=1S/C57H35N5S/c1-4-16-36(17-5-1)39-29-33-50(47(34-39)37-18-6-2-7-19-37)61-48-25-13-10-22-41(48)45-31-32-46-42-23-11-14-26-49(42)62(54(46)53(45)61)57-59-55(38-20-8-3-9-21-38)58-56(60-57)40-28-30-44-43-24-12-15-27-51(43)63-52(44)35-40/h1-35H. The second-order valence-electron chi connectivity index (χ2n) is 16.0. The number of hydrogen-bond donors (Lipinski definition) is 0. The van der Waals surface area contributed by atoms with Crippen molar-refractivity contribution in [2.45, 2.75) is 0 Å². The van der Waals surface area contributed by atoms with Crippen molar-refractivity contribution in [1.82, 2.24) is 24.1 Å². The van der Waals surface area contributed by atoms with Crippen LogP contribution in [0.2, 0.25) is 0 Å². The van der Waals surface area contributed by atoms with Gasteiger partial charge in [0.1, 0.15) is 0 Å². The lowest BCUT2D eigenvalue weighted by molar-refractivity contribution is 0.953. The molecule has 13 aromatic rings. The fraction of sp³-hybridized carbons (Fsp3) is 0. The minimum absolute atomic E-state index is 0.563. The number of hydrogen-bond acceptors (Lipinski definition) is 4. The van der Waals surface area contributed by atoms with E-state index >= 15 is 0 Å². The number of nitrogens with zero attached hydrogens (tertiary/aromatic N) is 5. The maximum absolute atomic E-state index is 5.44. The number of benzene rings is 9. The normalized spacial score (nSPS) is 11.8. The van der Waals surface area contributed by atoms with E-state index < -0.39 is 0 Å². The summed E-state index contributed by atoms with van der Waals surface area (Å²) in [5.41, 5.74) is 11.9. The van der Waals surface area contributed by atoms with Crippen molar-refractivity contribution in [3.05, 3.63) is 212 Å². The Morgan fingerprint density at radius 2 is 0.825 bits per heavy atom. The molecule has 0 aliphatic heterocycles. The van der Waals surface area contributed by atoms with Crippen LogP contribution in [-0.2, 0) is 0 Å². The van der Waals surface area contributed by atoms with Crippen LogP contribution in [0.3, 0.4) is 0 Å². The molecule has 0 spiro atoms. The molecule has 0 aliphatic carbocycles. The molecule has 0 unspecified atom stereocenters. The Kier molecular flexibility index (Phi) is 8.01. The van der Waals surface area contributed by atoms with E-state index in [1.807, 2.05) is 18.2 Å². The fourth-order valence-corrected chi connectivity index (χ4v) is 10.7. The molecule has 0 saturated heterocycles. The molecule has 0 atom stereocenters. The Morgan fingerprint density at radius 3 is 1.52 bits per heavy atom. The second kappa shape index (κ2) is 14.2. The van der Waals surface area contributed by atoms with Gasteiger partial charge >= 0.3 is 0 Å². The summed E-state index contributed by atoms with van der Waals surface area (Å²) in [6.45, 7) is 0. The van der Waals surface area contributed by atoms with Crippen LogP contribution >= 0.6 is 11.3 Å². The minimum atomic E-state index is 0.563. The first-order valence-electron chi connectivity index (χ1n) is 21.2. The van der Waals surface area contributed by atoms with Crippen molar-refractivity contribution in [3.8, 4) is 56.7 Å². The van der Waals surface area contributed by atoms with Crippen molar-refractivity contribution in [3.63, 3.8) is 0 Å². The van der Waals surface area contributed by atoms with Gasteiger partial charge in [0.2, 0.25) is 5.95 Å². The van der Waals surface area contributed by atoms with Gasteiger partial charge in [-0.05, 0) is 53.1 Å². The van der Waals surface area contributed by atoms with Gasteiger partial charge in [0.05, 0.1) is 27.8 Å². The van der Waals surface area contributed by atoms with Crippen LogP contribution in [-0.4, -0.2) is 24.1 Å². The van der Waals surface area contributed by atoms with E-state index in [0.717, 1.165) is 66.2 Å². The van der Waals surface area contributed by atoms with E-state index in [2.05, 4.69) is 203 Å². The zero-order valence-corrected chi connectivity index (χ0v) is 34.7. The van der Waals surface area contributed by atoms with Crippen molar-refractivity contribution in [1.29, 1.82) is 0 Å². The molecule has 5 nitrogen and oxygen atoms in total.